The number of alkyl halides is 6. The van der Waals surface area contributed by atoms with Crippen LogP contribution in [0.4, 0.5) is 32.3 Å². The second-order valence-electron chi connectivity index (χ2n) is 9.39. The van der Waals surface area contributed by atoms with Crippen LogP contribution < -0.4 is 4.90 Å². The number of phenolic OH excluding ortho intramolecular Hbond substituents is 1. The first-order valence-electron chi connectivity index (χ1n) is 11.8. The summed E-state index contributed by atoms with van der Waals surface area (Å²) in [4.78, 5) is 31.0. The van der Waals surface area contributed by atoms with Gasteiger partial charge >= 0.3 is 24.3 Å². The maximum Gasteiger partial charge on any atom is 0.490 e. The third-order valence-electron chi connectivity index (χ3n) is 6.30. The smallest absolute Gasteiger partial charge is 0.490 e. The van der Waals surface area contributed by atoms with Crippen molar-refractivity contribution in [2.75, 3.05) is 38.1 Å². The number of likely N-dealkylation sites (tertiary alicyclic amines) is 1. The van der Waals surface area contributed by atoms with E-state index in [9.17, 15) is 31.4 Å². The highest BCUT2D eigenvalue weighted by Crippen LogP contribution is 2.41. The van der Waals surface area contributed by atoms with Crippen LogP contribution in [0.3, 0.4) is 0 Å². The molecule has 4 heterocycles. The van der Waals surface area contributed by atoms with Crippen molar-refractivity contribution < 1.29 is 51.3 Å². The SMILES string of the molecule is CN1CCC2(CC1)CN(c1ncc(-c3ccc(-c4ncns4)cc3O)nn1)C2.O=C(O)C(F)(F)F.O=C(O)C(F)(F)F. The summed E-state index contributed by atoms with van der Waals surface area (Å²) in [5, 5.41) is 34.0. The highest BCUT2D eigenvalue weighted by Gasteiger charge is 2.45. The Hall–Kier alpha value is -4.13. The minimum Gasteiger partial charge on any atom is -0.507 e. The molecule has 3 N–H and O–H groups in total. The Morgan fingerprint density at radius 1 is 0.952 bits per heavy atom. The van der Waals surface area contributed by atoms with Gasteiger partial charge in [0.2, 0.25) is 5.95 Å². The minimum absolute atomic E-state index is 0.130. The van der Waals surface area contributed by atoms with E-state index in [0.29, 0.717) is 22.6 Å². The van der Waals surface area contributed by atoms with E-state index in [4.69, 9.17) is 19.8 Å². The van der Waals surface area contributed by atoms with Crippen molar-refractivity contribution in [3.05, 3.63) is 30.7 Å². The molecule has 12 nitrogen and oxygen atoms in total. The molecule has 19 heteroatoms. The Labute approximate surface area is 237 Å². The number of nitrogens with zero attached hydrogens (tertiary/aromatic N) is 7. The fourth-order valence-electron chi connectivity index (χ4n) is 4.03. The lowest BCUT2D eigenvalue weighted by molar-refractivity contribution is -0.193. The van der Waals surface area contributed by atoms with E-state index in [2.05, 4.69) is 41.4 Å². The standard InChI is InChI=1S/C19H21N7OS.2C2HF3O2/c1-25-6-4-19(5-7-25)10-26(11-19)18-20-9-15(23-24-18)14-3-2-13(8-16(14)27)17-21-12-22-28-17;2*3-2(4,5)1(6)7/h2-3,8-9,12,27H,4-7,10-11H2,1H3;2*(H,6,7). The summed E-state index contributed by atoms with van der Waals surface area (Å²) < 4.78 is 67.5. The number of phenols is 1. The summed E-state index contributed by atoms with van der Waals surface area (Å²) in [6.07, 6.45) is -4.51. The largest absolute Gasteiger partial charge is 0.507 e. The number of halogens is 6. The van der Waals surface area contributed by atoms with Gasteiger partial charge in [-0.3, -0.25) is 0 Å². The zero-order valence-corrected chi connectivity index (χ0v) is 22.4. The third-order valence-corrected chi connectivity index (χ3v) is 7.01. The molecule has 0 saturated carbocycles. The van der Waals surface area contributed by atoms with Gasteiger partial charge in [-0.05, 0) is 56.6 Å². The third kappa shape index (κ3) is 8.44. The molecule has 0 atom stereocenters. The highest BCUT2D eigenvalue weighted by atomic mass is 32.1. The van der Waals surface area contributed by atoms with Crippen LogP contribution in [0.2, 0.25) is 0 Å². The number of piperidine rings is 1. The summed E-state index contributed by atoms with van der Waals surface area (Å²) in [6, 6.07) is 5.38. The Morgan fingerprint density at radius 3 is 1.95 bits per heavy atom. The van der Waals surface area contributed by atoms with Crippen molar-refractivity contribution >= 4 is 29.4 Å². The first kappa shape index (κ1) is 32.4. The van der Waals surface area contributed by atoms with Crippen molar-refractivity contribution in [2.24, 2.45) is 5.41 Å². The molecule has 1 spiro atoms. The van der Waals surface area contributed by atoms with Crippen LogP contribution in [0.25, 0.3) is 21.8 Å². The van der Waals surface area contributed by atoms with E-state index in [1.807, 2.05) is 12.1 Å². The predicted molar refractivity (Wildman–Crippen MR) is 135 cm³/mol. The van der Waals surface area contributed by atoms with Crippen LogP contribution in [0.5, 0.6) is 5.75 Å². The fourth-order valence-corrected chi connectivity index (χ4v) is 4.55. The first-order chi connectivity index (χ1) is 19.5. The van der Waals surface area contributed by atoms with E-state index in [0.717, 1.165) is 36.8 Å². The highest BCUT2D eigenvalue weighted by molar-refractivity contribution is 7.09. The average molecular weight is 624 g/mol. The van der Waals surface area contributed by atoms with Gasteiger partial charge in [0.15, 0.2) is 0 Å². The van der Waals surface area contributed by atoms with Gasteiger partial charge in [0.05, 0.1) is 6.20 Å². The molecule has 228 valence electrons. The number of carboxylic acids is 2. The van der Waals surface area contributed by atoms with Crippen LogP contribution in [0.1, 0.15) is 12.8 Å². The van der Waals surface area contributed by atoms with Gasteiger partial charge in [-0.2, -0.15) is 30.7 Å². The molecule has 0 unspecified atom stereocenters. The molecule has 0 radical (unpaired) electrons. The minimum atomic E-state index is -5.08. The molecular weight excluding hydrogens is 600 g/mol. The zero-order chi connectivity index (χ0) is 31.3. The van der Waals surface area contributed by atoms with Gasteiger partial charge in [-0.15, -0.1) is 10.2 Å². The van der Waals surface area contributed by atoms with Crippen LogP contribution in [-0.2, 0) is 9.59 Å². The van der Waals surface area contributed by atoms with Gasteiger partial charge in [0.25, 0.3) is 0 Å². The van der Waals surface area contributed by atoms with Crippen LogP contribution >= 0.6 is 11.5 Å². The molecule has 3 aromatic rings. The molecule has 42 heavy (non-hydrogen) atoms. The number of carboxylic acid groups (broad SMARTS) is 2. The lowest BCUT2D eigenvalue weighted by Gasteiger charge is -2.53. The lowest BCUT2D eigenvalue weighted by atomic mass is 9.72. The number of aromatic hydroxyl groups is 1. The summed E-state index contributed by atoms with van der Waals surface area (Å²) >= 11 is 1.29. The van der Waals surface area contributed by atoms with Gasteiger partial charge in [0.1, 0.15) is 22.8 Å². The Morgan fingerprint density at radius 2 is 1.52 bits per heavy atom. The molecule has 0 amide bonds. The second kappa shape index (κ2) is 12.8. The van der Waals surface area contributed by atoms with E-state index < -0.39 is 24.3 Å². The molecule has 2 fully saturated rings. The molecule has 0 aliphatic carbocycles. The topological polar surface area (TPSA) is 166 Å². The summed E-state index contributed by atoms with van der Waals surface area (Å²) in [6.45, 7) is 4.34. The average Bonchev–Trinajstić information content (AvgIpc) is 3.43. The van der Waals surface area contributed by atoms with Gasteiger partial charge in [0, 0.05) is 29.6 Å². The Balaban J connectivity index is 0.000000289. The number of carbonyl (C=O) groups is 2. The molecule has 2 saturated heterocycles. The fraction of sp³-hybridized carbons (Fsp3) is 0.435. The molecule has 2 aliphatic rings. The van der Waals surface area contributed by atoms with E-state index in [-0.39, 0.29) is 5.75 Å². The first-order valence-corrected chi connectivity index (χ1v) is 12.6. The van der Waals surface area contributed by atoms with Gasteiger partial charge in [-0.1, -0.05) is 6.07 Å². The summed E-state index contributed by atoms with van der Waals surface area (Å²) in [5.74, 6) is -4.72. The van der Waals surface area contributed by atoms with Crippen molar-refractivity contribution in [3.8, 4) is 27.6 Å². The van der Waals surface area contributed by atoms with Crippen molar-refractivity contribution in [3.63, 3.8) is 0 Å². The maximum atomic E-state index is 10.6. The molecular formula is C23H23F6N7O5S. The van der Waals surface area contributed by atoms with E-state index >= 15 is 0 Å². The quantitative estimate of drug-likeness (QED) is 0.364. The zero-order valence-electron chi connectivity index (χ0n) is 21.6. The monoisotopic (exact) mass is 623 g/mol. The summed E-state index contributed by atoms with van der Waals surface area (Å²) in [7, 11) is 2.19. The number of aliphatic carboxylic acids is 2. The number of aromatic nitrogens is 5. The second-order valence-corrected chi connectivity index (χ2v) is 10.2. The van der Waals surface area contributed by atoms with Gasteiger partial charge in [-0.25, -0.2) is 19.6 Å². The molecule has 2 aromatic heterocycles. The predicted octanol–water partition coefficient (Wildman–Crippen LogP) is 3.56. The number of anilines is 1. The number of hydrogen-bond donors (Lipinski definition) is 3. The van der Waals surface area contributed by atoms with E-state index in [1.165, 1.54) is 30.7 Å². The number of hydrogen-bond acceptors (Lipinski definition) is 11. The van der Waals surface area contributed by atoms with E-state index in [1.54, 1.807) is 12.3 Å². The number of benzene rings is 1. The Kier molecular flexibility index (Phi) is 9.87. The molecule has 0 bridgehead atoms. The van der Waals surface area contributed by atoms with Crippen LogP contribution in [0, 0.1) is 5.41 Å². The van der Waals surface area contributed by atoms with Crippen molar-refractivity contribution in [2.45, 2.75) is 25.2 Å². The van der Waals surface area contributed by atoms with Crippen LogP contribution in [0.15, 0.2) is 30.7 Å². The Bertz CT molecular complexity index is 1330. The molecule has 5 rings (SSSR count). The molecule has 2 aliphatic heterocycles. The lowest BCUT2D eigenvalue weighted by Crippen LogP contribution is -2.60. The summed E-state index contributed by atoms with van der Waals surface area (Å²) in [5.41, 5.74) is 2.41. The van der Waals surface area contributed by atoms with Crippen molar-refractivity contribution in [1.29, 1.82) is 0 Å². The maximum absolute atomic E-state index is 10.6. The van der Waals surface area contributed by atoms with Gasteiger partial charge < -0.3 is 25.1 Å². The van der Waals surface area contributed by atoms with Crippen molar-refractivity contribution in [1.82, 2.24) is 29.4 Å². The molecule has 1 aromatic carbocycles. The normalized spacial score (nSPS) is 16.4. The number of rotatable bonds is 3. The van der Waals surface area contributed by atoms with Crippen LogP contribution in [-0.4, -0.2) is 102 Å².